The molecule has 202 valence electrons. The molecule has 3 N–H and O–H groups in total. The van der Waals surface area contributed by atoms with Crippen molar-refractivity contribution in [3.05, 3.63) is 71.5 Å². The van der Waals surface area contributed by atoms with Crippen molar-refractivity contribution in [3.8, 4) is 5.69 Å². The molecule has 1 atom stereocenters. The third-order valence-corrected chi connectivity index (χ3v) is 6.79. The number of anilines is 1. The summed E-state index contributed by atoms with van der Waals surface area (Å²) < 4.78 is 7.22. The Kier molecular flexibility index (Phi) is 11.2. The highest BCUT2D eigenvalue weighted by molar-refractivity contribution is 5.77. The number of methoxy groups -OCH3 is 1. The van der Waals surface area contributed by atoms with Crippen LogP contribution in [0.5, 0.6) is 0 Å². The van der Waals surface area contributed by atoms with Gasteiger partial charge >= 0.3 is 0 Å². The molecule has 6 nitrogen and oxygen atoms in total. The van der Waals surface area contributed by atoms with Crippen molar-refractivity contribution < 1.29 is 4.74 Å². The van der Waals surface area contributed by atoms with Gasteiger partial charge in [0.05, 0.1) is 23.7 Å². The minimum Gasteiger partial charge on any atom is -0.383 e. The topological polar surface area (TPSA) is 63.1 Å². The first-order valence-corrected chi connectivity index (χ1v) is 13.9. The second kappa shape index (κ2) is 14.3. The van der Waals surface area contributed by atoms with Crippen LogP contribution < -0.4 is 16.0 Å². The first-order chi connectivity index (χ1) is 17.9. The molecule has 1 aromatic heterocycles. The summed E-state index contributed by atoms with van der Waals surface area (Å²) in [4.78, 5) is 0. The van der Waals surface area contributed by atoms with Crippen molar-refractivity contribution in [2.75, 3.05) is 32.1 Å². The molecule has 1 aromatic carbocycles. The number of allylic oxidation sites excluding steroid dienone is 6. The molecule has 1 aliphatic carbocycles. The van der Waals surface area contributed by atoms with E-state index in [1.165, 1.54) is 24.8 Å². The molecule has 1 saturated carbocycles. The molecule has 1 heterocycles. The first-order valence-electron chi connectivity index (χ1n) is 13.9. The lowest BCUT2D eigenvalue weighted by Gasteiger charge is -2.34. The second-order valence-electron chi connectivity index (χ2n) is 10.4. The van der Waals surface area contributed by atoms with Gasteiger partial charge in [-0.2, -0.15) is 5.10 Å². The third kappa shape index (κ3) is 8.42. The number of benzene rings is 1. The van der Waals surface area contributed by atoms with Crippen LogP contribution in [0.25, 0.3) is 11.3 Å². The van der Waals surface area contributed by atoms with E-state index in [2.05, 4.69) is 99.1 Å². The number of ether oxygens (including phenoxy) is 1. The van der Waals surface area contributed by atoms with Gasteiger partial charge in [-0.1, -0.05) is 61.9 Å². The first kappa shape index (κ1) is 28.9. The summed E-state index contributed by atoms with van der Waals surface area (Å²) >= 11 is 0. The maximum Gasteiger partial charge on any atom is 0.134 e. The molecule has 0 amide bonds. The lowest BCUT2D eigenvalue weighted by atomic mass is 9.92. The van der Waals surface area contributed by atoms with E-state index in [0.717, 1.165) is 60.9 Å². The Morgan fingerprint density at radius 3 is 2.57 bits per heavy atom. The minimum absolute atomic E-state index is 0.324. The number of hydrogen-bond donors (Lipinski definition) is 3. The van der Waals surface area contributed by atoms with Crippen LogP contribution in [0.15, 0.2) is 60.2 Å². The average Bonchev–Trinajstić information content (AvgIpc) is 3.17. The molecule has 0 aliphatic heterocycles. The van der Waals surface area contributed by atoms with Gasteiger partial charge in [0.1, 0.15) is 5.82 Å². The van der Waals surface area contributed by atoms with Gasteiger partial charge in [0.25, 0.3) is 0 Å². The summed E-state index contributed by atoms with van der Waals surface area (Å²) in [5, 5.41) is 16.2. The lowest BCUT2D eigenvalue weighted by molar-refractivity contribution is 0.197. The van der Waals surface area contributed by atoms with Crippen LogP contribution >= 0.6 is 0 Å². The van der Waals surface area contributed by atoms with Crippen molar-refractivity contribution in [3.63, 3.8) is 0 Å². The zero-order valence-electron chi connectivity index (χ0n) is 23.7. The highest BCUT2D eigenvalue weighted by Crippen LogP contribution is 2.31. The van der Waals surface area contributed by atoms with E-state index < -0.39 is 0 Å². The molecule has 1 aliphatic rings. The number of para-hydroxylation sites is 1. The smallest absolute Gasteiger partial charge is 0.134 e. The number of rotatable bonds is 15. The SMILES string of the molecule is CC/C=C(\C=C/C=C1CCC1)c1nn(-c2ccccc2)c(NC(C)(C)N[C@@H](CC)CNCCOC)c1C. The zero-order valence-corrected chi connectivity index (χ0v) is 23.7. The molecule has 37 heavy (non-hydrogen) atoms. The summed E-state index contributed by atoms with van der Waals surface area (Å²) in [7, 11) is 1.74. The Balaban J connectivity index is 1.90. The molecule has 0 saturated heterocycles. The molecular weight excluding hydrogens is 458 g/mol. The van der Waals surface area contributed by atoms with Crippen LogP contribution in [0.4, 0.5) is 5.82 Å². The second-order valence-corrected chi connectivity index (χ2v) is 10.4. The molecule has 0 unspecified atom stereocenters. The summed E-state index contributed by atoms with van der Waals surface area (Å²) in [6.45, 7) is 13.4. The van der Waals surface area contributed by atoms with E-state index in [9.17, 15) is 0 Å². The number of aromatic nitrogens is 2. The van der Waals surface area contributed by atoms with E-state index in [-0.39, 0.29) is 5.66 Å². The zero-order chi connectivity index (χ0) is 26.7. The highest BCUT2D eigenvalue weighted by Gasteiger charge is 2.26. The fourth-order valence-electron chi connectivity index (χ4n) is 4.56. The normalized spacial score (nSPS) is 15.2. The van der Waals surface area contributed by atoms with Crippen LogP contribution in [-0.4, -0.2) is 48.3 Å². The average molecular weight is 506 g/mol. The Bertz CT molecular complexity index is 1060. The number of nitrogens with zero attached hydrogens (tertiary/aromatic N) is 2. The molecule has 0 spiro atoms. The van der Waals surface area contributed by atoms with Gasteiger partial charge in [0.2, 0.25) is 0 Å². The summed E-state index contributed by atoms with van der Waals surface area (Å²) in [5.41, 5.74) is 5.55. The van der Waals surface area contributed by atoms with E-state index in [1.54, 1.807) is 7.11 Å². The van der Waals surface area contributed by atoms with Crippen LogP contribution in [0.3, 0.4) is 0 Å². The molecule has 2 aromatic rings. The Hall–Kier alpha value is -2.67. The van der Waals surface area contributed by atoms with Gasteiger partial charge in [-0.15, -0.1) is 0 Å². The van der Waals surface area contributed by atoms with Crippen molar-refractivity contribution in [1.82, 2.24) is 20.4 Å². The summed E-state index contributed by atoms with van der Waals surface area (Å²) in [6.07, 6.45) is 14.7. The number of nitrogens with one attached hydrogen (secondary N) is 3. The van der Waals surface area contributed by atoms with E-state index in [0.29, 0.717) is 6.04 Å². The van der Waals surface area contributed by atoms with Gasteiger partial charge < -0.3 is 15.4 Å². The molecule has 1 fully saturated rings. The van der Waals surface area contributed by atoms with Crippen molar-refractivity contribution in [1.29, 1.82) is 0 Å². The Morgan fingerprint density at radius 2 is 1.95 bits per heavy atom. The van der Waals surface area contributed by atoms with Crippen molar-refractivity contribution in [2.45, 2.75) is 78.4 Å². The van der Waals surface area contributed by atoms with Crippen LogP contribution in [0.1, 0.15) is 71.1 Å². The number of hydrogen-bond acceptors (Lipinski definition) is 5. The third-order valence-electron chi connectivity index (χ3n) is 6.79. The van der Waals surface area contributed by atoms with Crippen molar-refractivity contribution >= 4 is 11.4 Å². The summed E-state index contributed by atoms with van der Waals surface area (Å²) in [5.74, 6) is 1.01. The maximum absolute atomic E-state index is 5.17. The Morgan fingerprint density at radius 1 is 1.19 bits per heavy atom. The van der Waals surface area contributed by atoms with E-state index >= 15 is 0 Å². The maximum atomic E-state index is 5.17. The lowest BCUT2D eigenvalue weighted by Crippen LogP contribution is -2.54. The molecule has 6 heteroatoms. The van der Waals surface area contributed by atoms with E-state index in [1.807, 2.05) is 10.7 Å². The van der Waals surface area contributed by atoms with Crippen LogP contribution in [-0.2, 0) is 4.74 Å². The van der Waals surface area contributed by atoms with Gasteiger partial charge in [-0.05, 0) is 70.6 Å². The van der Waals surface area contributed by atoms with Gasteiger partial charge in [-0.3, -0.25) is 5.32 Å². The largest absolute Gasteiger partial charge is 0.383 e. The van der Waals surface area contributed by atoms with Crippen LogP contribution in [0, 0.1) is 6.92 Å². The van der Waals surface area contributed by atoms with Gasteiger partial charge in [0.15, 0.2) is 0 Å². The van der Waals surface area contributed by atoms with E-state index in [4.69, 9.17) is 9.84 Å². The van der Waals surface area contributed by atoms with Crippen LogP contribution in [0.2, 0.25) is 0 Å². The fourth-order valence-corrected chi connectivity index (χ4v) is 4.56. The highest BCUT2D eigenvalue weighted by atomic mass is 16.5. The molecule has 0 radical (unpaired) electrons. The molecular formula is C31H47N5O. The molecule has 3 rings (SSSR count). The van der Waals surface area contributed by atoms with Gasteiger partial charge in [-0.25, -0.2) is 4.68 Å². The van der Waals surface area contributed by atoms with Gasteiger partial charge in [0, 0.05) is 31.8 Å². The predicted molar refractivity (Wildman–Crippen MR) is 157 cm³/mol. The minimum atomic E-state index is -0.350. The standard InChI is InChI=1S/C31H47N5O/c1-7-14-26(18-13-17-25-15-12-16-25)29-24(3)30(36(35-29)28-19-10-9-11-20-28)34-31(4,5)33-27(8-2)23-32-21-22-37-6/h9-11,13-14,17-20,27,32-34H,7-8,12,15-16,21-23H2,1-6H3/b18-13-,26-14+/t27-/m0/s1. The fraction of sp³-hybridized carbons (Fsp3) is 0.516. The Labute approximate surface area is 224 Å². The monoisotopic (exact) mass is 505 g/mol. The quantitative estimate of drug-likeness (QED) is 0.149. The predicted octanol–water partition coefficient (Wildman–Crippen LogP) is 6.39. The summed E-state index contributed by atoms with van der Waals surface area (Å²) in [6, 6.07) is 10.7. The molecule has 0 bridgehead atoms. The van der Waals surface area contributed by atoms with Crippen molar-refractivity contribution in [2.24, 2.45) is 0 Å².